The van der Waals surface area contributed by atoms with Crippen LogP contribution in [0.1, 0.15) is 13.3 Å². The quantitative estimate of drug-likeness (QED) is 0.778. The van der Waals surface area contributed by atoms with Crippen LogP contribution in [0.3, 0.4) is 0 Å². The van der Waals surface area contributed by atoms with Crippen molar-refractivity contribution in [1.29, 1.82) is 0 Å². The number of carbonyl (C=O) groups excluding carboxylic acids is 1. The van der Waals surface area contributed by atoms with Gasteiger partial charge in [-0.15, -0.1) is 0 Å². The average Bonchev–Trinajstić information content (AvgIpc) is 2.62. The maximum Gasteiger partial charge on any atom is 0.309 e. The number of methoxy groups -OCH3 is 1. The molecule has 1 aromatic heterocycles. The van der Waals surface area contributed by atoms with Crippen molar-refractivity contribution in [3.05, 3.63) is 12.4 Å². The summed E-state index contributed by atoms with van der Waals surface area (Å²) in [7, 11) is 1.47. The Hall–Kier alpha value is -1.50. The largest absolute Gasteiger partial charge is 0.469 e. The second-order valence-electron chi connectivity index (χ2n) is 6.18. The number of aromatic nitrogens is 2. The van der Waals surface area contributed by atoms with Gasteiger partial charge >= 0.3 is 5.97 Å². The zero-order valence-corrected chi connectivity index (χ0v) is 14.6. The van der Waals surface area contributed by atoms with Crippen LogP contribution >= 0.6 is 11.8 Å². The molecule has 3 rings (SSSR count). The van der Waals surface area contributed by atoms with E-state index in [0.29, 0.717) is 0 Å². The van der Waals surface area contributed by atoms with Gasteiger partial charge in [0.1, 0.15) is 18.0 Å². The Kier molecular flexibility index (Phi) is 5.25. The SMILES string of the molecule is COC(=O)C1CCN(c2cc(N3CCSCC3)ncn2)CC1C. The van der Waals surface area contributed by atoms with Gasteiger partial charge in [-0.3, -0.25) is 4.79 Å². The maximum absolute atomic E-state index is 11.8. The van der Waals surface area contributed by atoms with Crippen LogP contribution in [0.25, 0.3) is 0 Å². The summed E-state index contributed by atoms with van der Waals surface area (Å²) in [5, 5.41) is 0. The monoisotopic (exact) mass is 336 g/mol. The minimum absolute atomic E-state index is 0.00308. The van der Waals surface area contributed by atoms with Gasteiger partial charge in [-0.2, -0.15) is 11.8 Å². The molecule has 2 aliphatic heterocycles. The number of anilines is 2. The summed E-state index contributed by atoms with van der Waals surface area (Å²) < 4.78 is 4.91. The van der Waals surface area contributed by atoms with Crippen molar-refractivity contribution >= 4 is 29.4 Å². The minimum Gasteiger partial charge on any atom is -0.469 e. The maximum atomic E-state index is 11.8. The Labute approximate surface area is 141 Å². The van der Waals surface area contributed by atoms with E-state index in [-0.39, 0.29) is 17.8 Å². The summed E-state index contributed by atoms with van der Waals surface area (Å²) in [6, 6.07) is 2.08. The fraction of sp³-hybridized carbons (Fsp3) is 0.688. The molecule has 0 saturated carbocycles. The molecule has 7 heteroatoms. The van der Waals surface area contributed by atoms with Gasteiger partial charge in [-0.05, 0) is 12.3 Å². The molecule has 0 aliphatic carbocycles. The Morgan fingerprint density at radius 3 is 2.57 bits per heavy atom. The van der Waals surface area contributed by atoms with E-state index >= 15 is 0 Å². The second-order valence-corrected chi connectivity index (χ2v) is 7.40. The van der Waals surface area contributed by atoms with Crippen molar-refractivity contribution in [3.63, 3.8) is 0 Å². The van der Waals surface area contributed by atoms with Crippen LogP contribution < -0.4 is 9.80 Å². The van der Waals surface area contributed by atoms with Gasteiger partial charge in [0.25, 0.3) is 0 Å². The summed E-state index contributed by atoms with van der Waals surface area (Å²) in [6.07, 6.45) is 2.47. The Morgan fingerprint density at radius 2 is 1.91 bits per heavy atom. The highest BCUT2D eigenvalue weighted by molar-refractivity contribution is 7.99. The van der Waals surface area contributed by atoms with Gasteiger partial charge in [0.15, 0.2) is 0 Å². The van der Waals surface area contributed by atoms with E-state index in [0.717, 1.165) is 55.7 Å². The van der Waals surface area contributed by atoms with Crippen LogP contribution in [-0.4, -0.2) is 60.7 Å². The van der Waals surface area contributed by atoms with Crippen molar-refractivity contribution in [2.24, 2.45) is 11.8 Å². The Balaban J connectivity index is 1.69. The number of esters is 1. The third kappa shape index (κ3) is 3.71. The van der Waals surface area contributed by atoms with E-state index in [2.05, 4.69) is 32.8 Å². The van der Waals surface area contributed by atoms with E-state index in [9.17, 15) is 4.79 Å². The number of thioether (sulfide) groups is 1. The van der Waals surface area contributed by atoms with Gasteiger partial charge in [-0.25, -0.2) is 9.97 Å². The summed E-state index contributed by atoms with van der Waals surface area (Å²) in [5.74, 6) is 4.45. The fourth-order valence-corrected chi connectivity index (χ4v) is 4.23. The fourth-order valence-electron chi connectivity index (χ4n) is 3.33. The van der Waals surface area contributed by atoms with Crippen LogP contribution in [-0.2, 0) is 9.53 Å². The van der Waals surface area contributed by atoms with E-state index in [1.54, 1.807) is 6.33 Å². The number of nitrogens with zero attached hydrogens (tertiary/aromatic N) is 4. The smallest absolute Gasteiger partial charge is 0.309 e. The lowest BCUT2D eigenvalue weighted by Crippen LogP contribution is -2.43. The Bertz CT molecular complexity index is 551. The molecule has 2 fully saturated rings. The molecule has 2 saturated heterocycles. The van der Waals surface area contributed by atoms with Crippen LogP contribution in [0.5, 0.6) is 0 Å². The number of hydrogen-bond donors (Lipinski definition) is 0. The van der Waals surface area contributed by atoms with Gasteiger partial charge < -0.3 is 14.5 Å². The molecule has 0 spiro atoms. The van der Waals surface area contributed by atoms with E-state index < -0.39 is 0 Å². The Morgan fingerprint density at radius 1 is 1.22 bits per heavy atom. The number of ether oxygens (including phenoxy) is 1. The van der Waals surface area contributed by atoms with Gasteiger partial charge in [0.05, 0.1) is 13.0 Å². The molecule has 0 amide bonds. The summed E-state index contributed by atoms with van der Waals surface area (Å²) >= 11 is 1.99. The number of carbonyl (C=O) groups is 1. The highest BCUT2D eigenvalue weighted by Gasteiger charge is 2.32. The molecule has 3 heterocycles. The van der Waals surface area contributed by atoms with E-state index in [1.807, 2.05) is 11.8 Å². The van der Waals surface area contributed by atoms with Crippen molar-refractivity contribution in [2.75, 3.05) is 54.6 Å². The van der Waals surface area contributed by atoms with Crippen LogP contribution in [0, 0.1) is 11.8 Å². The highest BCUT2D eigenvalue weighted by atomic mass is 32.2. The molecule has 2 unspecified atom stereocenters. The van der Waals surface area contributed by atoms with Crippen molar-refractivity contribution in [1.82, 2.24) is 9.97 Å². The predicted octanol–water partition coefficient (Wildman–Crippen LogP) is 1.67. The van der Waals surface area contributed by atoms with Crippen molar-refractivity contribution < 1.29 is 9.53 Å². The molecule has 126 valence electrons. The minimum atomic E-state index is -0.0913. The van der Waals surface area contributed by atoms with Crippen LogP contribution in [0.2, 0.25) is 0 Å². The first-order valence-electron chi connectivity index (χ1n) is 8.16. The van der Waals surface area contributed by atoms with Crippen molar-refractivity contribution in [2.45, 2.75) is 13.3 Å². The normalized spacial score (nSPS) is 25.3. The van der Waals surface area contributed by atoms with E-state index in [4.69, 9.17) is 4.74 Å². The third-order valence-electron chi connectivity index (χ3n) is 4.71. The molecule has 0 bridgehead atoms. The highest BCUT2D eigenvalue weighted by Crippen LogP contribution is 2.28. The zero-order valence-electron chi connectivity index (χ0n) is 13.8. The van der Waals surface area contributed by atoms with Crippen molar-refractivity contribution in [3.8, 4) is 0 Å². The van der Waals surface area contributed by atoms with Crippen LogP contribution in [0.4, 0.5) is 11.6 Å². The molecule has 2 atom stereocenters. The molecule has 0 aromatic carbocycles. The molecular weight excluding hydrogens is 312 g/mol. The molecule has 0 radical (unpaired) electrons. The number of piperidine rings is 1. The molecule has 2 aliphatic rings. The lowest BCUT2D eigenvalue weighted by Gasteiger charge is -2.36. The second kappa shape index (κ2) is 7.38. The molecule has 0 N–H and O–H groups in total. The average molecular weight is 336 g/mol. The number of rotatable bonds is 3. The van der Waals surface area contributed by atoms with E-state index in [1.165, 1.54) is 7.11 Å². The topological polar surface area (TPSA) is 58.6 Å². The lowest BCUT2D eigenvalue weighted by molar-refractivity contribution is -0.147. The van der Waals surface area contributed by atoms with Crippen LogP contribution in [0.15, 0.2) is 12.4 Å². The van der Waals surface area contributed by atoms with Gasteiger partial charge in [-0.1, -0.05) is 6.92 Å². The predicted molar refractivity (Wildman–Crippen MR) is 93.1 cm³/mol. The molecule has 6 nitrogen and oxygen atoms in total. The molecular formula is C16H24N4O2S. The zero-order chi connectivity index (χ0) is 16.2. The third-order valence-corrected chi connectivity index (χ3v) is 5.65. The number of hydrogen-bond acceptors (Lipinski definition) is 7. The lowest BCUT2D eigenvalue weighted by atomic mass is 9.87. The summed E-state index contributed by atoms with van der Waals surface area (Å²) in [4.78, 5) is 25.3. The molecule has 23 heavy (non-hydrogen) atoms. The first kappa shape index (κ1) is 16.4. The summed E-state index contributed by atoms with van der Waals surface area (Å²) in [5.41, 5.74) is 0. The standard InChI is InChI=1S/C16H24N4O2S/c1-12-10-20(4-3-13(12)16(21)22-2)15-9-14(17-11-18-15)19-5-7-23-8-6-19/h9,11-13H,3-8,10H2,1-2H3. The van der Waals surface area contributed by atoms with Gasteiger partial charge in [0, 0.05) is 43.8 Å². The van der Waals surface area contributed by atoms with Gasteiger partial charge in [0.2, 0.25) is 0 Å². The summed E-state index contributed by atoms with van der Waals surface area (Å²) in [6.45, 7) is 5.85. The first-order valence-corrected chi connectivity index (χ1v) is 9.32. The first-order chi connectivity index (χ1) is 11.2. The molecule has 1 aromatic rings.